The Balaban J connectivity index is 1.57. The largest absolute Gasteiger partial charge is 0.284 e. The molecule has 0 aliphatic heterocycles. The van der Waals surface area contributed by atoms with Gasteiger partial charge in [0.1, 0.15) is 0 Å². The van der Waals surface area contributed by atoms with Crippen LogP contribution in [0.2, 0.25) is 0 Å². The van der Waals surface area contributed by atoms with Gasteiger partial charge in [-0.1, -0.05) is 72.0 Å². The molecule has 7 heteroatoms. The molecule has 1 amide bonds. The van der Waals surface area contributed by atoms with Crippen LogP contribution in [0.3, 0.4) is 0 Å². The second-order valence-electron chi connectivity index (χ2n) is 8.07. The summed E-state index contributed by atoms with van der Waals surface area (Å²) < 4.78 is 26.3. The van der Waals surface area contributed by atoms with Crippen molar-refractivity contribution in [3.63, 3.8) is 0 Å². The minimum atomic E-state index is -3.42. The fourth-order valence-electron chi connectivity index (χ4n) is 3.69. The first-order valence-electron chi connectivity index (χ1n) is 10.8. The molecule has 33 heavy (non-hydrogen) atoms. The molecular weight excluding hydrogens is 452 g/mol. The van der Waals surface area contributed by atoms with E-state index in [1.54, 1.807) is 35.2 Å². The van der Waals surface area contributed by atoms with E-state index in [-0.39, 0.29) is 29.4 Å². The molecule has 0 saturated heterocycles. The standard InChI is InChI=1S/C26H26N2O3S2/c1-19-15-16-20(2)25-24(19)27-26(32-25)28(18-21-10-5-3-6-11-21)23(29)14-9-17-33(30,31)22-12-7-4-8-13-22/h3-8,10-13,15-16H,9,14,17-18H2,1-2H3. The van der Waals surface area contributed by atoms with Gasteiger partial charge in [0.05, 0.1) is 27.4 Å². The minimum Gasteiger partial charge on any atom is -0.284 e. The number of thiazole rings is 1. The van der Waals surface area contributed by atoms with E-state index in [4.69, 9.17) is 4.98 Å². The lowest BCUT2D eigenvalue weighted by atomic mass is 10.1. The quantitative estimate of drug-likeness (QED) is 0.326. The van der Waals surface area contributed by atoms with E-state index >= 15 is 0 Å². The Morgan fingerprint density at radius 1 is 0.909 bits per heavy atom. The van der Waals surface area contributed by atoms with Crippen LogP contribution >= 0.6 is 11.3 Å². The van der Waals surface area contributed by atoms with Gasteiger partial charge >= 0.3 is 0 Å². The van der Waals surface area contributed by atoms with E-state index < -0.39 is 9.84 Å². The molecule has 0 aliphatic carbocycles. The Morgan fingerprint density at radius 3 is 2.21 bits per heavy atom. The normalized spacial score (nSPS) is 11.6. The van der Waals surface area contributed by atoms with Gasteiger partial charge in [0.2, 0.25) is 5.91 Å². The van der Waals surface area contributed by atoms with Crippen molar-refractivity contribution in [2.24, 2.45) is 0 Å². The highest BCUT2D eigenvalue weighted by molar-refractivity contribution is 7.91. The van der Waals surface area contributed by atoms with Gasteiger partial charge in [-0.25, -0.2) is 13.4 Å². The zero-order chi connectivity index (χ0) is 23.4. The molecule has 0 fully saturated rings. The number of aryl methyl sites for hydroxylation is 2. The molecule has 4 rings (SSSR count). The molecule has 0 bridgehead atoms. The van der Waals surface area contributed by atoms with E-state index in [9.17, 15) is 13.2 Å². The van der Waals surface area contributed by atoms with Crippen molar-refractivity contribution < 1.29 is 13.2 Å². The topological polar surface area (TPSA) is 67.3 Å². The van der Waals surface area contributed by atoms with E-state index in [0.29, 0.717) is 11.7 Å². The number of carbonyl (C=O) groups excluding carboxylic acids is 1. The number of benzene rings is 3. The second kappa shape index (κ2) is 9.85. The monoisotopic (exact) mass is 478 g/mol. The number of amides is 1. The van der Waals surface area contributed by atoms with Gasteiger partial charge in [0, 0.05) is 6.42 Å². The summed E-state index contributed by atoms with van der Waals surface area (Å²) in [7, 11) is -3.42. The molecule has 0 atom stereocenters. The maximum atomic E-state index is 13.3. The summed E-state index contributed by atoms with van der Waals surface area (Å²) in [6.45, 7) is 4.45. The van der Waals surface area contributed by atoms with Gasteiger partial charge in [-0.15, -0.1) is 0 Å². The van der Waals surface area contributed by atoms with Gasteiger partial charge in [-0.3, -0.25) is 9.69 Å². The van der Waals surface area contributed by atoms with Crippen molar-refractivity contribution >= 4 is 42.4 Å². The van der Waals surface area contributed by atoms with E-state index in [0.717, 1.165) is 26.9 Å². The summed E-state index contributed by atoms with van der Waals surface area (Å²) in [5.41, 5.74) is 4.10. The van der Waals surface area contributed by atoms with Crippen LogP contribution in [0.5, 0.6) is 0 Å². The second-order valence-corrected chi connectivity index (χ2v) is 11.2. The SMILES string of the molecule is Cc1ccc(C)c2sc(N(Cc3ccccc3)C(=O)CCCS(=O)(=O)c3ccccc3)nc12. The Kier molecular flexibility index (Phi) is 6.91. The van der Waals surface area contributed by atoms with Crippen molar-refractivity contribution in [3.8, 4) is 0 Å². The molecule has 5 nitrogen and oxygen atoms in total. The number of nitrogens with zero attached hydrogens (tertiary/aromatic N) is 2. The van der Waals surface area contributed by atoms with Crippen molar-refractivity contribution in [1.82, 2.24) is 4.98 Å². The third-order valence-corrected chi connectivity index (χ3v) is 8.58. The van der Waals surface area contributed by atoms with Crippen molar-refractivity contribution in [2.75, 3.05) is 10.7 Å². The number of aromatic nitrogens is 1. The number of hydrogen-bond donors (Lipinski definition) is 0. The fourth-order valence-corrected chi connectivity index (χ4v) is 6.15. The molecule has 3 aromatic carbocycles. The first-order valence-corrected chi connectivity index (χ1v) is 13.3. The lowest BCUT2D eigenvalue weighted by molar-refractivity contribution is -0.118. The third-order valence-electron chi connectivity index (χ3n) is 5.55. The minimum absolute atomic E-state index is 0.0695. The van der Waals surface area contributed by atoms with Crippen LogP contribution < -0.4 is 4.90 Å². The number of anilines is 1. The predicted octanol–water partition coefficient (Wildman–Crippen LogP) is 5.70. The lowest BCUT2D eigenvalue weighted by Crippen LogP contribution is -2.30. The summed E-state index contributed by atoms with van der Waals surface area (Å²) >= 11 is 1.51. The maximum absolute atomic E-state index is 13.3. The van der Waals surface area contributed by atoms with Crippen LogP contribution in [-0.4, -0.2) is 25.1 Å². The third kappa shape index (κ3) is 5.31. The summed E-state index contributed by atoms with van der Waals surface area (Å²) in [5, 5.41) is 0.641. The number of fused-ring (bicyclic) bond motifs is 1. The maximum Gasteiger partial charge on any atom is 0.229 e. The number of hydrogen-bond acceptors (Lipinski definition) is 5. The Bertz CT molecular complexity index is 1330. The van der Waals surface area contributed by atoms with E-state index in [1.807, 2.05) is 50.2 Å². The molecule has 4 aromatic rings. The average molecular weight is 479 g/mol. The Hall–Kier alpha value is -3.03. The first-order chi connectivity index (χ1) is 15.8. The Labute approximate surface area is 198 Å². The molecule has 0 unspecified atom stereocenters. The van der Waals surface area contributed by atoms with Crippen LogP contribution in [0.25, 0.3) is 10.2 Å². The fraction of sp³-hybridized carbons (Fsp3) is 0.231. The molecule has 0 aliphatic rings. The molecular formula is C26H26N2O3S2. The van der Waals surface area contributed by atoms with Crippen molar-refractivity contribution in [1.29, 1.82) is 0 Å². The van der Waals surface area contributed by atoms with Crippen LogP contribution in [0.1, 0.15) is 29.5 Å². The molecule has 0 spiro atoms. The first kappa shape index (κ1) is 23.1. The number of rotatable bonds is 8. The molecule has 1 aromatic heterocycles. The smallest absolute Gasteiger partial charge is 0.229 e. The molecule has 170 valence electrons. The van der Waals surface area contributed by atoms with Gasteiger partial charge in [-0.05, 0) is 49.1 Å². The van der Waals surface area contributed by atoms with Crippen LogP contribution in [0.4, 0.5) is 5.13 Å². The molecule has 0 N–H and O–H groups in total. The van der Waals surface area contributed by atoms with Gasteiger partial charge < -0.3 is 0 Å². The number of carbonyl (C=O) groups is 1. The molecule has 0 radical (unpaired) electrons. The van der Waals surface area contributed by atoms with Crippen molar-refractivity contribution in [2.45, 2.75) is 38.1 Å². The summed E-state index contributed by atoms with van der Waals surface area (Å²) in [5.74, 6) is -0.198. The summed E-state index contributed by atoms with van der Waals surface area (Å²) in [6, 6.07) is 22.3. The lowest BCUT2D eigenvalue weighted by Gasteiger charge is -2.20. The molecule has 1 heterocycles. The highest BCUT2D eigenvalue weighted by Gasteiger charge is 2.22. The van der Waals surface area contributed by atoms with Gasteiger partial charge in [0.25, 0.3) is 0 Å². The Morgan fingerprint density at radius 2 is 1.55 bits per heavy atom. The highest BCUT2D eigenvalue weighted by Crippen LogP contribution is 2.34. The highest BCUT2D eigenvalue weighted by atomic mass is 32.2. The number of sulfone groups is 1. The van der Waals surface area contributed by atoms with Crippen LogP contribution in [0, 0.1) is 13.8 Å². The average Bonchev–Trinajstić information content (AvgIpc) is 3.27. The van der Waals surface area contributed by atoms with E-state index in [1.165, 1.54) is 11.3 Å². The van der Waals surface area contributed by atoms with Crippen LogP contribution in [0.15, 0.2) is 77.7 Å². The van der Waals surface area contributed by atoms with Crippen molar-refractivity contribution in [3.05, 3.63) is 89.5 Å². The van der Waals surface area contributed by atoms with Gasteiger partial charge in [-0.2, -0.15) is 0 Å². The van der Waals surface area contributed by atoms with E-state index in [2.05, 4.69) is 6.07 Å². The zero-order valence-electron chi connectivity index (χ0n) is 18.7. The zero-order valence-corrected chi connectivity index (χ0v) is 20.3. The van der Waals surface area contributed by atoms with Gasteiger partial charge in [0.15, 0.2) is 15.0 Å². The summed E-state index contributed by atoms with van der Waals surface area (Å²) in [4.78, 5) is 20.1. The van der Waals surface area contributed by atoms with Crippen LogP contribution in [-0.2, 0) is 21.2 Å². The molecule has 0 saturated carbocycles. The predicted molar refractivity (Wildman–Crippen MR) is 134 cm³/mol. The summed E-state index contributed by atoms with van der Waals surface area (Å²) in [6.07, 6.45) is 0.386.